The van der Waals surface area contributed by atoms with Crippen molar-refractivity contribution in [1.82, 2.24) is 9.38 Å². The number of aromatic amines is 1. The van der Waals surface area contributed by atoms with Gasteiger partial charge in [-0.2, -0.15) is 5.26 Å². The standard InChI is InChI=1S/C20H15N3O2/c1-12-15(11-21)19-22-16-8-3-4-9-17(16)23(19)20(24)18(12)13-6-5-7-14(10-13)25-2/h3-10,22H,1-2H3. The summed E-state index contributed by atoms with van der Waals surface area (Å²) in [6, 6.07) is 17.1. The highest BCUT2D eigenvalue weighted by Crippen LogP contribution is 2.28. The maximum absolute atomic E-state index is 13.3. The van der Waals surface area contributed by atoms with Crippen LogP contribution < -0.4 is 10.3 Å². The van der Waals surface area contributed by atoms with Gasteiger partial charge in [0.15, 0.2) is 0 Å². The predicted molar refractivity (Wildman–Crippen MR) is 97.0 cm³/mol. The summed E-state index contributed by atoms with van der Waals surface area (Å²) in [5.74, 6) is 0.666. The number of benzene rings is 2. The van der Waals surface area contributed by atoms with E-state index in [1.165, 1.54) is 0 Å². The lowest BCUT2D eigenvalue weighted by molar-refractivity contribution is 0.415. The average Bonchev–Trinajstić information content (AvgIpc) is 3.02. The molecular weight excluding hydrogens is 314 g/mol. The number of nitrogens with zero attached hydrogens (tertiary/aromatic N) is 2. The number of imidazole rings is 1. The summed E-state index contributed by atoms with van der Waals surface area (Å²) in [7, 11) is 1.59. The van der Waals surface area contributed by atoms with Gasteiger partial charge in [0.1, 0.15) is 17.5 Å². The molecule has 0 aliphatic carbocycles. The van der Waals surface area contributed by atoms with Gasteiger partial charge in [-0.3, -0.25) is 9.20 Å². The first kappa shape index (κ1) is 15.0. The molecule has 1 N–H and O–H groups in total. The van der Waals surface area contributed by atoms with Crippen LogP contribution in [0.25, 0.3) is 27.8 Å². The number of para-hydroxylation sites is 2. The molecule has 0 radical (unpaired) electrons. The van der Waals surface area contributed by atoms with Crippen LogP contribution in [-0.4, -0.2) is 16.5 Å². The zero-order valence-electron chi connectivity index (χ0n) is 13.8. The van der Waals surface area contributed by atoms with Crippen LogP contribution in [0.1, 0.15) is 11.1 Å². The van der Waals surface area contributed by atoms with Crippen molar-refractivity contribution in [3.05, 3.63) is 70.0 Å². The number of nitrogens with one attached hydrogen (secondary N) is 1. The van der Waals surface area contributed by atoms with E-state index in [9.17, 15) is 10.1 Å². The van der Waals surface area contributed by atoms with Crippen molar-refractivity contribution >= 4 is 16.7 Å². The summed E-state index contributed by atoms with van der Waals surface area (Å²) in [6.45, 7) is 1.81. The van der Waals surface area contributed by atoms with Gasteiger partial charge in [-0.25, -0.2) is 0 Å². The molecule has 0 fully saturated rings. The lowest BCUT2D eigenvalue weighted by Crippen LogP contribution is -2.18. The van der Waals surface area contributed by atoms with Crippen LogP contribution in [0.4, 0.5) is 0 Å². The van der Waals surface area contributed by atoms with Crippen LogP contribution in [0.5, 0.6) is 5.75 Å². The van der Waals surface area contributed by atoms with E-state index in [-0.39, 0.29) is 5.56 Å². The Morgan fingerprint density at radius 1 is 1.16 bits per heavy atom. The minimum Gasteiger partial charge on any atom is -0.497 e. The second-order valence-corrected chi connectivity index (χ2v) is 5.85. The molecule has 0 aliphatic rings. The Hall–Kier alpha value is -3.52. The highest BCUT2D eigenvalue weighted by atomic mass is 16.5. The van der Waals surface area contributed by atoms with Crippen molar-refractivity contribution < 1.29 is 4.74 Å². The number of hydrogen-bond acceptors (Lipinski definition) is 3. The zero-order chi connectivity index (χ0) is 17.6. The largest absolute Gasteiger partial charge is 0.497 e. The molecule has 0 spiro atoms. The second kappa shape index (κ2) is 5.53. The zero-order valence-corrected chi connectivity index (χ0v) is 13.8. The molecule has 0 atom stereocenters. The number of fused-ring (bicyclic) bond motifs is 3. The molecule has 2 heterocycles. The van der Waals surface area contributed by atoms with E-state index >= 15 is 0 Å². The Kier molecular flexibility index (Phi) is 3.33. The SMILES string of the molecule is COc1cccc(-c2c(C)c(C#N)c3[nH]c4ccccc4n3c2=O)c1. The molecule has 5 heteroatoms. The van der Waals surface area contributed by atoms with Gasteiger partial charge in [-0.05, 0) is 42.3 Å². The number of aromatic nitrogens is 2. The van der Waals surface area contributed by atoms with Crippen LogP contribution in [-0.2, 0) is 0 Å². The number of hydrogen-bond donors (Lipinski definition) is 1. The molecule has 0 aliphatic heterocycles. The molecule has 0 bridgehead atoms. The van der Waals surface area contributed by atoms with Gasteiger partial charge in [0.25, 0.3) is 5.56 Å². The van der Waals surface area contributed by atoms with Gasteiger partial charge in [0.05, 0.1) is 29.3 Å². The van der Waals surface area contributed by atoms with E-state index in [0.717, 1.165) is 16.6 Å². The van der Waals surface area contributed by atoms with Crippen molar-refractivity contribution in [2.24, 2.45) is 0 Å². The van der Waals surface area contributed by atoms with Crippen LogP contribution in [0, 0.1) is 18.3 Å². The first-order valence-electron chi connectivity index (χ1n) is 7.86. The monoisotopic (exact) mass is 329 g/mol. The van der Waals surface area contributed by atoms with Crippen LogP contribution in [0.3, 0.4) is 0 Å². The van der Waals surface area contributed by atoms with E-state index in [0.29, 0.717) is 28.1 Å². The first-order chi connectivity index (χ1) is 12.2. The summed E-state index contributed by atoms with van der Waals surface area (Å²) >= 11 is 0. The molecule has 0 saturated carbocycles. The van der Waals surface area contributed by atoms with Gasteiger partial charge >= 0.3 is 0 Å². The van der Waals surface area contributed by atoms with Crippen LogP contribution in [0.2, 0.25) is 0 Å². The Labute approximate surface area is 143 Å². The Morgan fingerprint density at radius 2 is 1.96 bits per heavy atom. The highest BCUT2D eigenvalue weighted by Gasteiger charge is 2.19. The quantitative estimate of drug-likeness (QED) is 0.610. The fourth-order valence-corrected chi connectivity index (χ4v) is 3.29. The van der Waals surface area contributed by atoms with E-state index in [1.807, 2.05) is 48.5 Å². The number of H-pyrrole nitrogens is 1. The van der Waals surface area contributed by atoms with E-state index in [2.05, 4.69) is 11.1 Å². The second-order valence-electron chi connectivity index (χ2n) is 5.85. The van der Waals surface area contributed by atoms with Crippen molar-refractivity contribution in [2.45, 2.75) is 6.92 Å². The maximum atomic E-state index is 13.3. The Bertz CT molecular complexity index is 1230. The Morgan fingerprint density at radius 3 is 2.72 bits per heavy atom. The van der Waals surface area contributed by atoms with Gasteiger partial charge < -0.3 is 9.72 Å². The third-order valence-corrected chi connectivity index (χ3v) is 4.50. The van der Waals surface area contributed by atoms with Crippen molar-refractivity contribution in [3.63, 3.8) is 0 Å². The lowest BCUT2D eigenvalue weighted by atomic mass is 9.98. The number of pyridine rings is 1. The predicted octanol–water partition coefficient (Wildman–Crippen LogP) is 3.64. The number of rotatable bonds is 2. The topological polar surface area (TPSA) is 70.3 Å². The summed E-state index contributed by atoms with van der Waals surface area (Å²) in [6.07, 6.45) is 0. The molecule has 5 nitrogen and oxygen atoms in total. The molecule has 0 saturated heterocycles. The summed E-state index contributed by atoms with van der Waals surface area (Å²) in [4.78, 5) is 16.5. The van der Waals surface area contributed by atoms with Gasteiger partial charge in [-0.1, -0.05) is 24.3 Å². The molecule has 2 aromatic carbocycles. The molecule has 0 amide bonds. The van der Waals surface area contributed by atoms with E-state index < -0.39 is 0 Å². The third-order valence-electron chi connectivity index (χ3n) is 4.50. The minimum atomic E-state index is -0.155. The number of methoxy groups -OCH3 is 1. The van der Waals surface area contributed by atoms with Crippen molar-refractivity contribution in [3.8, 4) is 22.9 Å². The molecule has 2 aromatic heterocycles. The smallest absolute Gasteiger partial charge is 0.265 e. The summed E-state index contributed by atoms with van der Waals surface area (Å²) in [5.41, 5.74) is 4.31. The third kappa shape index (κ3) is 2.12. The molecule has 0 unspecified atom stereocenters. The molecule has 25 heavy (non-hydrogen) atoms. The fraction of sp³-hybridized carbons (Fsp3) is 0.100. The molecule has 122 valence electrons. The molecule has 4 aromatic rings. The van der Waals surface area contributed by atoms with E-state index in [4.69, 9.17) is 4.74 Å². The van der Waals surface area contributed by atoms with Gasteiger partial charge in [0.2, 0.25) is 0 Å². The molecule has 4 rings (SSSR count). The lowest BCUT2D eigenvalue weighted by Gasteiger charge is -2.10. The summed E-state index contributed by atoms with van der Waals surface area (Å²) < 4.78 is 6.85. The summed E-state index contributed by atoms with van der Waals surface area (Å²) in [5, 5.41) is 9.69. The number of nitriles is 1. The first-order valence-corrected chi connectivity index (χ1v) is 7.86. The van der Waals surface area contributed by atoms with Crippen LogP contribution >= 0.6 is 0 Å². The average molecular weight is 329 g/mol. The van der Waals surface area contributed by atoms with Crippen LogP contribution in [0.15, 0.2) is 53.3 Å². The van der Waals surface area contributed by atoms with E-state index in [1.54, 1.807) is 18.4 Å². The van der Waals surface area contributed by atoms with Crippen molar-refractivity contribution in [2.75, 3.05) is 7.11 Å². The molecular formula is C20H15N3O2. The normalized spacial score (nSPS) is 10.9. The number of ether oxygens (including phenoxy) is 1. The van der Waals surface area contributed by atoms with Gasteiger partial charge in [0, 0.05) is 0 Å². The van der Waals surface area contributed by atoms with Gasteiger partial charge in [-0.15, -0.1) is 0 Å². The van der Waals surface area contributed by atoms with Crippen molar-refractivity contribution in [1.29, 1.82) is 5.26 Å². The maximum Gasteiger partial charge on any atom is 0.265 e. The minimum absolute atomic E-state index is 0.155. The fourth-order valence-electron chi connectivity index (χ4n) is 3.29. The Balaban J connectivity index is 2.20. The highest BCUT2D eigenvalue weighted by molar-refractivity contribution is 5.85.